The molecular formula is C23H21FN6O. The number of aromatic nitrogens is 6. The second-order valence-electron chi connectivity index (χ2n) is 7.46. The van der Waals surface area contributed by atoms with Gasteiger partial charge in [-0.2, -0.15) is 5.10 Å². The van der Waals surface area contributed by atoms with Crippen LogP contribution in [0.3, 0.4) is 0 Å². The van der Waals surface area contributed by atoms with Gasteiger partial charge in [-0.25, -0.2) is 24.0 Å². The number of halogens is 1. The molecule has 0 spiro atoms. The number of nitrogens with zero attached hydrogens (tertiary/aromatic N) is 6. The Morgan fingerprint density at radius 2 is 1.94 bits per heavy atom. The number of methoxy groups -OCH3 is 1. The van der Waals surface area contributed by atoms with E-state index < -0.39 is 0 Å². The third-order valence-corrected chi connectivity index (χ3v) is 5.38. The van der Waals surface area contributed by atoms with Crippen LogP contribution in [0.25, 0.3) is 17.8 Å². The highest BCUT2D eigenvalue weighted by atomic mass is 19.1. The molecule has 0 bridgehead atoms. The maximum Gasteiger partial charge on any atom is 0.238 e. The lowest BCUT2D eigenvalue weighted by Gasteiger charge is -2.08. The molecule has 4 heterocycles. The van der Waals surface area contributed by atoms with E-state index in [4.69, 9.17) is 9.72 Å². The molecule has 0 amide bonds. The van der Waals surface area contributed by atoms with Crippen LogP contribution >= 0.6 is 0 Å². The first-order chi connectivity index (χ1) is 15.1. The standard InChI is InChI=1S/C23H21FN6O/c1-15-13-29(14-25-15)20-9-7-18(26-23(20)31-2)8-10-21-27-22-19(11-12-30(22)28-21)16-3-5-17(24)6-4-16/h3-10,13-14,19H,11-12H2,1-2H3/t19-/m0/s1. The number of ether oxygens (including phenoxy) is 1. The Hall–Kier alpha value is -3.81. The van der Waals surface area contributed by atoms with Crippen molar-refractivity contribution in [2.45, 2.75) is 25.8 Å². The number of aryl methyl sites for hydroxylation is 2. The fourth-order valence-electron chi connectivity index (χ4n) is 3.86. The van der Waals surface area contributed by atoms with Crippen molar-refractivity contribution in [2.75, 3.05) is 7.11 Å². The maximum absolute atomic E-state index is 13.3. The number of hydrogen-bond acceptors (Lipinski definition) is 5. The Morgan fingerprint density at radius 1 is 1.10 bits per heavy atom. The maximum atomic E-state index is 13.3. The SMILES string of the molecule is COc1nc(C=Cc2nc3n(n2)CC[C@H]3c2ccc(F)cc2)ccc1-n1cnc(C)c1. The molecule has 1 atom stereocenters. The third kappa shape index (κ3) is 3.72. The predicted molar refractivity (Wildman–Crippen MR) is 114 cm³/mol. The topological polar surface area (TPSA) is 70.7 Å². The van der Waals surface area contributed by atoms with Crippen LogP contribution in [0.1, 0.15) is 40.9 Å². The second-order valence-corrected chi connectivity index (χ2v) is 7.46. The van der Waals surface area contributed by atoms with Gasteiger partial charge in [0.25, 0.3) is 0 Å². The zero-order chi connectivity index (χ0) is 21.4. The summed E-state index contributed by atoms with van der Waals surface area (Å²) < 4.78 is 22.5. The van der Waals surface area contributed by atoms with E-state index in [0.717, 1.165) is 41.4 Å². The zero-order valence-corrected chi connectivity index (χ0v) is 17.2. The largest absolute Gasteiger partial charge is 0.479 e. The molecule has 31 heavy (non-hydrogen) atoms. The number of hydrogen-bond donors (Lipinski definition) is 0. The van der Waals surface area contributed by atoms with Crippen LogP contribution in [0, 0.1) is 12.7 Å². The van der Waals surface area contributed by atoms with Crippen LogP contribution in [-0.2, 0) is 6.54 Å². The minimum Gasteiger partial charge on any atom is -0.479 e. The summed E-state index contributed by atoms with van der Waals surface area (Å²) in [4.78, 5) is 13.5. The van der Waals surface area contributed by atoms with Gasteiger partial charge in [0.1, 0.15) is 17.3 Å². The monoisotopic (exact) mass is 416 g/mol. The molecule has 8 heteroatoms. The molecule has 4 aromatic rings. The van der Waals surface area contributed by atoms with Crippen LogP contribution in [0.2, 0.25) is 0 Å². The van der Waals surface area contributed by atoms with E-state index in [2.05, 4.69) is 15.1 Å². The van der Waals surface area contributed by atoms with Crippen LogP contribution in [0.15, 0.2) is 48.9 Å². The summed E-state index contributed by atoms with van der Waals surface area (Å²) in [5.74, 6) is 1.94. The fraction of sp³-hybridized carbons (Fsp3) is 0.217. The van der Waals surface area contributed by atoms with E-state index in [9.17, 15) is 4.39 Å². The molecule has 0 saturated carbocycles. The summed E-state index contributed by atoms with van der Waals surface area (Å²) >= 11 is 0. The third-order valence-electron chi connectivity index (χ3n) is 5.38. The lowest BCUT2D eigenvalue weighted by Crippen LogP contribution is -1.99. The molecule has 0 fully saturated rings. The van der Waals surface area contributed by atoms with Gasteiger partial charge in [-0.05, 0) is 55.3 Å². The first kappa shape index (κ1) is 19.2. The van der Waals surface area contributed by atoms with Gasteiger partial charge in [-0.15, -0.1) is 0 Å². The Bertz CT molecular complexity index is 1260. The molecule has 156 valence electrons. The predicted octanol–water partition coefficient (Wildman–Crippen LogP) is 4.02. The molecule has 1 aliphatic heterocycles. The summed E-state index contributed by atoms with van der Waals surface area (Å²) in [6.07, 6.45) is 8.28. The van der Waals surface area contributed by atoms with Crippen molar-refractivity contribution in [3.05, 3.63) is 83.3 Å². The number of imidazole rings is 1. The van der Waals surface area contributed by atoms with Gasteiger partial charge in [0.05, 0.1) is 24.8 Å². The zero-order valence-electron chi connectivity index (χ0n) is 17.2. The second kappa shape index (κ2) is 7.79. The van der Waals surface area contributed by atoms with Crippen molar-refractivity contribution in [2.24, 2.45) is 0 Å². The van der Waals surface area contributed by atoms with Crippen molar-refractivity contribution >= 4 is 12.2 Å². The molecule has 7 nitrogen and oxygen atoms in total. The summed E-state index contributed by atoms with van der Waals surface area (Å²) in [6.45, 7) is 2.73. The molecule has 0 N–H and O–H groups in total. The molecule has 1 aliphatic rings. The Labute approximate surface area is 178 Å². The highest BCUT2D eigenvalue weighted by Gasteiger charge is 2.27. The highest BCUT2D eigenvalue weighted by molar-refractivity contribution is 5.65. The van der Waals surface area contributed by atoms with Crippen LogP contribution < -0.4 is 4.74 Å². The minimum atomic E-state index is -0.232. The first-order valence-electron chi connectivity index (χ1n) is 10.0. The van der Waals surface area contributed by atoms with E-state index in [1.807, 2.05) is 58.8 Å². The highest BCUT2D eigenvalue weighted by Crippen LogP contribution is 2.33. The molecule has 0 radical (unpaired) electrons. The molecule has 0 unspecified atom stereocenters. The lowest BCUT2D eigenvalue weighted by molar-refractivity contribution is 0.395. The van der Waals surface area contributed by atoms with Gasteiger partial charge >= 0.3 is 0 Å². The smallest absolute Gasteiger partial charge is 0.238 e. The van der Waals surface area contributed by atoms with Gasteiger partial charge in [0, 0.05) is 18.7 Å². The van der Waals surface area contributed by atoms with E-state index in [0.29, 0.717) is 11.7 Å². The lowest BCUT2D eigenvalue weighted by atomic mass is 9.97. The Balaban J connectivity index is 1.38. The molecule has 0 aliphatic carbocycles. The molecule has 3 aromatic heterocycles. The van der Waals surface area contributed by atoms with Crippen molar-refractivity contribution < 1.29 is 9.13 Å². The molecule has 1 aromatic carbocycles. The van der Waals surface area contributed by atoms with E-state index in [-0.39, 0.29) is 11.7 Å². The number of benzene rings is 1. The van der Waals surface area contributed by atoms with E-state index in [1.54, 1.807) is 13.4 Å². The average molecular weight is 416 g/mol. The van der Waals surface area contributed by atoms with Gasteiger partial charge in [0.15, 0.2) is 5.82 Å². The van der Waals surface area contributed by atoms with Crippen LogP contribution in [-0.4, -0.2) is 36.4 Å². The summed E-state index contributed by atoms with van der Waals surface area (Å²) in [6, 6.07) is 10.5. The van der Waals surface area contributed by atoms with Crippen molar-refractivity contribution in [3.63, 3.8) is 0 Å². The fourth-order valence-corrected chi connectivity index (χ4v) is 3.86. The Kier molecular flexibility index (Phi) is 4.82. The summed E-state index contributed by atoms with van der Waals surface area (Å²) in [5.41, 5.74) is 3.53. The van der Waals surface area contributed by atoms with Crippen molar-refractivity contribution in [3.8, 4) is 11.6 Å². The van der Waals surface area contributed by atoms with Crippen LogP contribution in [0.5, 0.6) is 5.88 Å². The number of pyridine rings is 1. The van der Waals surface area contributed by atoms with Gasteiger partial charge in [0.2, 0.25) is 5.88 Å². The average Bonchev–Trinajstić information content (AvgIpc) is 3.48. The molecule has 5 rings (SSSR count). The van der Waals surface area contributed by atoms with Gasteiger partial charge < -0.3 is 9.30 Å². The molecule has 0 saturated heterocycles. The van der Waals surface area contributed by atoms with Crippen molar-refractivity contribution in [1.82, 2.24) is 29.3 Å². The molecular weight excluding hydrogens is 395 g/mol. The normalized spacial score (nSPS) is 15.5. The van der Waals surface area contributed by atoms with E-state index >= 15 is 0 Å². The van der Waals surface area contributed by atoms with Gasteiger partial charge in [-0.1, -0.05) is 12.1 Å². The first-order valence-corrected chi connectivity index (χ1v) is 10.0. The quantitative estimate of drug-likeness (QED) is 0.491. The summed E-state index contributed by atoms with van der Waals surface area (Å²) in [5, 5.41) is 4.58. The van der Waals surface area contributed by atoms with Crippen LogP contribution in [0.4, 0.5) is 4.39 Å². The van der Waals surface area contributed by atoms with Gasteiger partial charge in [-0.3, -0.25) is 0 Å². The van der Waals surface area contributed by atoms with Crippen molar-refractivity contribution in [1.29, 1.82) is 0 Å². The number of fused-ring (bicyclic) bond motifs is 1. The number of rotatable bonds is 5. The van der Waals surface area contributed by atoms with E-state index in [1.165, 1.54) is 12.1 Å². The summed E-state index contributed by atoms with van der Waals surface area (Å²) in [7, 11) is 1.60. The minimum absolute atomic E-state index is 0.131. The Morgan fingerprint density at radius 3 is 2.68 bits per heavy atom.